The van der Waals surface area contributed by atoms with Crippen LogP contribution < -0.4 is 10.1 Å². The average molecular weight is 429 g/mol. The largest absolute Gasteiger partial charge is 0.487 e. The highest BCUT2D eigenvalue weighted by Gasteiger charge is 2.14. The summed E-state index contributed by atoms with van der Waals surface area (Å²) in [6, 6.07) is 7.59. The standard InChI is InChI=1S/C21H24N4O2S2/c1-4-15(5-2)20-24-25-21(29-20)23-19(26)11-10-16-8-6-7-9-18(16)27-12-17-13-28-14(3)22-17/h6-11,13,15H,4-5,12H2,1-3H3,(H,23,25,26)/b11-10+. The fraction of sp³-hybridized carbons (Fsp3) is 0.333. The lowest BCUT2D eigenvalue weighted by molar-refractivity contribution is -0.111. The minimum atomic E-state index is -0.248. The number of thiazole rings is 1. The summed E-state index contributed by atoms with van der Waals surface area (Å²) < 4.78 is 5.88. The van der Waals surface area contributed by atoms with E-state index in [2.05, 4.69) is 34.3 Å². The van der Waals surface area contributed by atoms with E-state index in [0.29, 0.717) is 23.4 Å². The van der Waals surface area contributed by atoms with E-state index >= 15 is 0 Å². The maximum atomic E-state index is 12.3. The number of carbonyl (C=O) groups excluding carboxylic acids is 1. The first-order valence-electron chi connectivity index (χ1n) is 9.54. The highest BCUT2D eigenvalue weighted by atomic mass is 32.1. The van der Waals surface area contributed by atoms with Crippen molar-refractivity contribution < 1.29 is 9.53 Å². The number of amides is 1. The zero-order chi connectivity index (χ0) is 20.6. The second-order valence-electron chi connectivity index (χ2n) is 6.47. The number of nitrogens with zero attached hydrogens (tertiary/aromatic N) is 3. The van der Waals surface area contributed by atoms with Crippen molar-refractivity contribution in [2.45, 2.75) is 46.1 Å². The molecule has 0 bridgehead atoms. The van der Waals surface area contributed by atoms with Gasteiger partial charge in [0, 0.05) is 22.9 Å². The smallest absolute Gasteiger partial charge is 0.250 e. The van der Waals surface area contributed by atoms with Crippen LogP contribution in [-0.2, 0) is 11.4 Å². The van der Waals surface area contributed by atoms with Crippen LogP contribution in [-0.4, -0.2) is 21.1 Å². The summed E-state index contributed by atoms with van der Waals surface area (Å²) in [4.78, 5) is 16.7. The fourth-order valence-corrected chi connectivity index (χ4v) is 4.39. The Morgan fingerprint density at radius 1 is 1.24 bits per heavy atom. The molecule has 0 atom stereocenters. The second kappa shape index (κ2) is 10.3. The van der Waals surface area contributed by atoms with Crippen LogP contribution >= 0.6 is 22.7 Å². The third kappa shape index (κ3) is 5.95. The molecule has 3 aromatic rings. The Hall–Kier alpha value is -2.58. The summed E-state index contributed by atoms with van der Waals surface area (Å²) in [5, 5.41) is 15.5. The lowest BCUT2D eigenvalue weighted by Crippen LogP contribution is -2.07. The quantitative estimate of drug-likeness (QED) is 0.459. The van der Waals surface area contributed by atoms with Crippen LogP contribution in [0.5, 0.6) is 5.75 Å². The van der Waals surface area contributed by atoms with E-state index in [-0.39, 0.29) is 5.91 Å². The van der Waals surface area contributed by atoms with Gasteiger partial charge in [-0.1, -0.05) is 43.4 Å². The van der Waals surface area contributed by atoms with Gasteiger partial charge in [-0.25, -0.2) is 4.98 Å². The number of hydrogen-bond donors (Lipinski definition) is 1. The molecule has 152 valence electrons. The molecule has 0 saturated carbocycles. The molecule has 1 N–H and O–H groups in total. The number of anilines is 1. The van der Waals surface area contributed by atoms with E-state index in [1.165, 1.54) is 17.4 Å². The first kappa shape index (κ1) is 21.1. The molecule has 1 aromatic carbocycles. The van der Waals surface area contributed by atoms with E-state index < -0.39 is 0 Å². The number of hydrogen-bond acceptors (Lipinski definition) is 7. The predicted octanol–water partition coefficient (Wildman–Crippen LogP) is 5.44. The number of ether oxygens (including phenoxy) is 1. The molecular formula is C21H24N4O2S2. The maximum Gasteiger partial charge on any atom is 0.250 e. The van der Waals surface area contributed by atoms with Crippen molar-refractivity contribution in [2.75, 3.05) is 5.32 Å². The van der Waals surface area contributed by atoms with Gasteiger partial charge in [0.25, 0.3) is 0 Å². The van der Waals surface area contributed by atoms with Gasteiger partial charge in [0.05, 0.1) is 10.7 Å². The van der Waals surface area contributed by atoms with E-state index in [1.54, 1.807) is 17.4 Å². The summed E-state index contributed by atoms with van der Waals surface area (Å²) in [5.41, 5.74) is 1.72. The molecule has 0 fully saturated rings. The normalized spacial score (nSPS) is 11.3. The number of aryl methyl sites for hydroxylation is 1. The molecule has 0 aliphatic heterocycles. The van der Waals surface area contributed by atoms with E-state index in [4.69, 9.17) is 4.74 Å². The number of aromatic nitrogens is 3. The number of para-hydroxylation sites is 1. The molecule has 1 amide bonds. The highest BCUT2D eigenvalue weighted by molar-refractivity contribution is 7.15. The molecule has 8 heteroatoms. The van der Waals surface area contributed by atoms with Crippen molar-refractivity contribution in [3.05, 3.63) is 57.0 Å². The maximum absolute atomic E-state index is 12.3. The van der Waals surface area contributed by atoms with Gasteiger partial charge < -0.3 is 4.74 Å². The van der Waals surface area contributed by atoms with Crippen molar-refractivity contribution in [1.82, 2.24) is 15.2 Å². The Balaban J connectivity index is 1.61. The van der Waals surface area contributed by atoms with Gasteiger partial charge in [-0.15, -0.1) is 21.5 Å². The van der Waals surface area contributed by atoms with Crippen LogP contribution in [0.3, 0.4) is 0 Å². The Bertz CT molecular complexity index is 976. The average Bonchev–Trinajstić information content (AvgIpc) is 3.35. The molecule has 3 rings (SSSR count). The minimum Gasteiger partial charge on any atom is -0.487 e. The van der Waals surface area contributed by atoms with Crippen LogP contribution in [0.25, 0.3) is 6.08 Å². The third-order valence-corrected chi connectivity index (χ3v) is 6.20. The van der Waals surface area contributed by atoms with Crippen LogP contribution in [0.2, 0.25) is 0 Å². The zero-order valence-electron chi connectivity index (χ0n) is 16.7. The van der Waals surface area contributed by atoms with Gasteiger partial charge in [0.1, 0.15) is 17.4 Å². The van der Waals surface area contributed by atoms with Crippen molar-refractivity contribution in [2.24, 2.45) is 0 Å². The molecule has 0 spiro atoms. The van der Waals surface area contributed by atoms with Gasteiger partial charge in [-0.3, -0.25) is 10.1 Å². The first-order valence-corrected chi connectivity index (χ1v) is 11.2. The van der Waals surface area contributed by atoms with Crippen LogP contribution in [0.15, 0.2) is 35.7 Å². The van der Waals surface area contributed by atoms with Gasteiger partial charge in [0.2, 0.25) is 11.0 Å². The number of nitrogens with one attached hydrogen (secondary N) is 1. The Morgan fingerprint density at radius 3 is 2.76 bits per heavy atom. The summed E-state index contributed by atoms with van der Waals surface area (Å²) >= 11 is 3.03. The molecule has 29 heavy (non-hydrogen) atoms. The van der Waals surface area contributed by atoms with Crippen molar-refractivity contribution in [1.29, 1.82) is 0 Å². The number of carbonyl (C=O) groups is 1. The molecule has 0 aliphatic carbocycles. The van der Waals surface area contributed by atoms with Crippen LogP contribution in [0.1, 0.15) is 53.9 Å². The third-order valence-electron chi connectivity index (χ3n) is 4.38. The first-order chi connectivity index (χ1) is 14.1. The molecular weight excluding hydrogens is 404 g/mol. The van der Waals surface area contributed by atoms with Crippen LogP contribution in [0.4, 0.5) is 5.13 Å². The zero-order valence-corrected chi connectivity index (χ0v) is 18.3. The number of benzene rings is 1. The topological polar surface area (TPSA) is 77.0 Å². The van der Waals surface area contributed by atoms with E-state index in [0.717, 1.165) is 34.1 Å². The van der Waals surface area contributed by atoms with Gasteiger partial charge in [0.15, 0.2) is 0 Å². The molecule has 2 aromatic heterocycles. The lowest BCUT2D eigenvalue weighted by Gasteiger charge is -2.07. The van der Waals surface area contributed by atoms with Crippen molar-refractivity contribution in [3.8, 4) is 5.75 Å². The summed E-state index contributed by atoms with van der Waals surface area (Å²) in [7, 11) is 0. The molecule has 0 saturated heterocycles. The Kier molecular flexibility index (Phi) is 7.48. The molecule has 2 heterocycles. The van der Waals surface area contributed by atoms with Gasteiger partial charge in [-0.05, 0) is 31.9 Å². The van der Waals surface area contributed by atoms with Crippen molar-refractivity contribution in [3.63, 3.8) is 0 Å². The van der Waals surface area contributed by atoms with Gasteiger partial charge in [-0.2, -0.15) is 0 Å². The van der Waals surface area contributed by atoms with E-state index in [9.17, 15) is 4.79 Å². The highest BCUT2D eigenvalue weighted by Crippen LogP contribution is 2.28. The molecule has 0 aliphatic rings. The predicted molar refractivity (Wildman–Crippen MR) is 119 cm³/mol. The minimum absolute atomic E-state index is 0.248. The second-order valence-corrected chi connectivity index (χ2v) is 8.54. The molecule has 0 radical (unpaired) electrons. The van der Waals surface area contributed by atoms with E-state index in [1.807, 2.05) is 36.6 Å². The van der Waals surface area contributed by atoms with Crippen molar-refractivity contribution >= 4 is 39.8 Å². The van der Waals surface area contributed by atoms with Crippen LogP contribution in [0, 0.1) is 6.92 Å². The summed E-state index contributed by atoms with van der Waals surface area (Å²) in [6.07, 6.45) is 5.24. The molecule has 6 nitrogen and oxygen atoms in total. The Labute approximate surface area is 178 Å². The summed E-state index contributed by atoms with van der Waals surface area (Å²) in [5.74, 6) is 0.843. The van der Waals surface area contributed by atoms with Gasteiger partial charge >= 0.3 is 0 Å². The SMILES string of the molecule is CCC(CC)c1nnc(NC(=O)/C=C/c2ccccc2OCc2csc(C)n2)s1. The summed E-state index contributed by atoms with van der Waals surface area (Å²) in [6.45, 7) is 6.62. The Morgan fingerprint density at radius 2 is 2.03 bits per heavy atom. The fourth-order valence-electron chi connectivity index (χ4n) is 2.78. The monoisotopic (exact) mass is 428 g/mol. The molecule has 0 unspecified atom stereocenters. The number of rotatable bonds is 9. The lowest BCUT2D eigenvalue weighted by atomic mass is 10.1.